The van der Waals surface area contributed by atoms with Gasteiger partial charge in [-0.1, -0.05) is 6.07 Å². The van der Waals surface area contributed by atoms with Crippen molar-refractivity contribution < 1.29 is 17.6 Å². The Labute approximate surface area is 134 Å². The summed E-state index contributed by atoms with van der Waals surface area (Å²) in [5.41, 5.74) is 0.189. The number of hydrogen-bond acceptors (Lipinski definition) is 4. The van der Waals surface area contributed by atoms with Gasteiger partial charge in [-0.05, 0) is 31.0 Å². The Morgan fingerprint density at radius 2 is 1.91 bits per heavy atom. The Morgan fingerprint density at radius 3 is 2.65 bits per heavy atom. The van der Waals surface area contributed by atoms with Crippen LogP contribution in [-0.2, 0) is 6.18 Å². The Bertz CT molecular complexity index is 846. The molecule has 0 saturated carbocycles. The van der Waals surface area contributed by atoms with Gasteiger partial charge in [0.1, 0.15) is 11.3 Å². The van der Waals surface area contributed by atoms with Crippen LogP contribution < -0.4 is 4.90 Å². The predicted octanol–water partition coefficient (Wildman–Crippen LogP) is 5.18. The van der Waals surface area contributed by atoms with Gasteiger partial charge >= 0.3 is 6.18 Å². The molecule has 0 aliphatic carbocycles. The van der Waals surface area contributed by atoms with Gasteiger partial charge in [-0.3, -0.25) is 0 Å². The summed E-state index contributed by atoms with van der Waals surface area (Å²) in [7, 11) is 0. The first kappa shape index (κ1) is 14.6. The fourth-order valence-corrected chi connectivity index (χ4v) is 3.63. The molecule has 3 heterocycles. The van der Waals surface area contributed by atoms with Crippen molar-refractivity contribution in [3.8, 4) is 11.5 Å². The summed E-state index contributed by atoms with van der Waals surface area (Å²) in [6.45, 7) is 2.00. The van der Waals surface area contributed by atoms with E-state index in [1.807, 2.05) is 5.38 Å². The number of hydrogen-bond donors (Lipinski definition) is 0. The average Bonchev–Trinajstić information content (AvgIpc) is 3.24. The van der Waals surface area contributed by atoms with E-state index in [0.717, 1.165) is 30.4 Å². The zero-order valence-electron chi connectivity index (χ0n) is 12.1. The Kier molecular flexibility index (Phi) is 3.33. The molecule has 120 valence electrons. The second kappa shape index (κ2) is 5.26. The normalized spacial score (nSPS) is 15.7. The van der Waals surface area contributed by atoms with E-state index < -0.39 is 11.7 Å². The molecule has 1 saturated heterocycles. The maximum absolute atomic E-state index is 12.8. The van der Waals surface area contributed by atoms with Gasteiger partial charge in [-0.25, -0.2) is 4.98 Å². The monoisotopic (exact) mass is 338 g/mol. The third-order valence-electron chi connectivity index (χ3n) is 3.97. The van der Waals surface area contributed by atoms with Crippen molar-refractivity contribution in [2.75, 3.05) is 18.0 Å². The molecule has 1 aromatic carbocycles. The van der Waals surface area contributed by atoms with Crippen molar-refractivity contribution in [2.45, 2.75) is 19.0 Å². The molecular formula is C16H13F3N2OS. The fourth-order valence-electron chi connectivity index (χ4n) is 2.76. The lowest BCUT2D eigenvalue weighted by Crippen LogP contribution is -2.16. The van der Waals surface area contributed by atoms with Crippen molar-refractivity contribution >= 4 is 27.4 Å². The summed E-state index contributed by atoms with van der Waals surface area (Å²) < 4.78 is 43.9. The van der Waals surface area contributed by atoms with Crippen LogP contribution in [0.3, 0.4) is 0 Å². The van der Waals surface area contributed by atoms with Gasteiger partial charge in [-0.15, -0.1) is 11.3 Å². The molecule has 4 rings (SSSR count). The maximum atomic E-state index is 12.8. The Balaban J connectivity index is 1.69. The number of benzene rings is 1. The predicted molar refractivity (Wildman–Crippen MR) is 83.8 cm³/mol. The van der Waals surface area contributed by atoms with Gasteiger partial charge < -0.3 is 9.32 Å². The summed E-state index contributed by atoms with van der Waals surface area (Å²) in [5.74, 6) is 0.501. The van der Waals surface area contributed by atoms with Crippen LogP contribution in [0.2, 0.25) is 0 Å². The van der Waals surface area contributed by atoms with Crippen LogP contribution in [0.4, 0.5) is 18.3 Å². The van der Waals surface area contributed by atoms with E-state index in [0.29, 0.717) is 16.8 Å². The van der Waals surface area contributed by atoms with Crippen LogP contribution in [0.25, 0.3) is 22.4 Å². The number of fused-ring (bicyclic) bond motifs is 1. The van der Waals surface area contributed by atoms with Crippen LogP contribution in [0.1, 0.15) is 18.4 Å². The Hall–Kier alpha value is -2.02. The lowest BCUT2D eigenvalue weighted by molar-refractivity contribution is -0.137. The van der Waals surface area contributed by atoms with Gasteiger partial charge in [0.25, 0.3) is 0 Å². The smallest absolute Gasteiger partial charge is 0.416 e. The molecule has 0 amide bonds. The fraction of sp³-hybridized carbons (Fsp3) is 0.312. The third-order valence-corrected chi connectivity index (χ3v) is 4.87. The van der Waals surface area contributed by atoms with Crippen molar-refractivity contribution in [3.05, 3.63) is 35.2 Å². The molecular weight excluding hydrogens is 325 g/mol. The van der Waals surface area contributed by atoms with Crippen molar-refractivity contribution in [2.24, 2.45) is 0 Å². The van der Waals surface area contributed by atoms with Crippen LogP contribution in [0.15, 0.2) is 34.1 Å². The molecule has 23 heavy (non-hydrogen) atoms. The van der Waals surface area contributed by atoms with Crippen molar-refractivity contribution in [1.82, 2.24) is 4.98 Å². The van der Waals surface area contributed by atoms with E-state index >= 15 is 0 Å². The lowest BCUT2D eigenvalue weighted by atomic mass is 10.1. The lowest BCUT2D eigenvalue weighted by Gasteiger charge is -2.11. The topological polar surface area (TPSA) is 29.3 Å². The summed E-state index contributed by atoms with van der Waals surface area (Å²) in [5, 5.41) is 3.47. The summed E-state index contributed by atoms with van der Waals surface area (Å²) >= 11 is 1.53. The zero-order valence-corrected chi connectivity index (χ0v) is 12.9. The van der Waals surface area contributed by atoms with E-state index in [1.54, 1.807) is 6.07 Å². The van der Waals surface area contributed by atoms with E-state index in [2.05, 4.69) is 9.88 Å². The number of nitrogens with zero attached hydrogens (tertiary/aromatic N) is 2. The van der Waals surface area contributed by atoms with E-state index in [-0.39, 0.29) is 5.58 Å². The largest absolute Gasteiger partial charge is 0.454 e. The highest BCUT2D eigenvalue weighted by Gasteiger charge is 2.31. The molecule has 3 nitrogen and oxygen atoms in total. The molecule has 0 atom stereocenters. The molecule has 0 unspecified atom stereocenters. The molecule has 0 radical (unpaired) electrons. The van der Waals surface area contributed by atoms with Gasteiger partial charge in [0.15, 0.2) is 10.9 Å². The molecule has 1 aliphatic heterocycles. The highest BCUT2D eigenvalue weighted by Crippen LogP contribution is 2.35. The van der Waals surface area contributed by atoms with E-state index in [4.69, 9.17) is 4.42 Å². The van der Waals surface area contributed by atoms with Crippen LogP contribution in [-0.4, -0.2) is 18.1 Å². The minimum Gasteiger partial charge on any atom is -0.454 e. The number of aromatic nitrogens is 1. The van der Waals surface area contributed by atoms with Crippen molar-refractivity contribution in [3.63, 3.8) is 0 Å². The van der Waals surface area contributed by atoms with Gasteiger partial charge in [0.05, 0.1) is 5.56 Å². The van der Waals surface area contributed by atoms with E-state index in [9.17, 15) is 13.2 Å². The molecule has 1 aliphatic rings. The zero-order chi connectivity index (χ0) is 16.0. The SMILES string of the molecule is FC(F)(F)c1ccc2cc(-c3csc(N4CCCC4)n3)oc2c1. The minimum atomic E-state index is -4.37. The van der Waals surface area contributed by atoms with Gasteiger partial charge in [-0.2, -0.15) is 13.2 Å². The number of halogens is 3. The number of thiazole rings is 1. The first-order valence-electron chi connectivity index (χ1n) is 7.32. The highest BCUT2D eigenvalue weighted by molar-refractivity contribution is 7.14. The molecule has 0 N–H and O–H groups in total. The van der Waals surface area contributed by atoms with Gasteiger partial charge in [0, 0.05) is 23.9 Å². The highest BCUT2D eigenvalue weighted by atomic mass is 32.1. The molecule has 3 aromatic rings. The number of anilines is 1. The number of rotatable bonds is 2. The molecule has 7 heteroatoms. The van der Waals surface area contributed by atoms with Crippen LogP contribution in [0.5, 0.6) is 0 Å². The Morgan fingerprint density at radius 1 is 1.13 bits per heavy atom. The third kappa shape index (κ3) is 2.69. The first-order chi connectivity index (χ1) is 11.0. The van der Waals surface area contributed by atoms with Crippen molar-refractivity contribution in [1.29, 1.82) is 0 Å². The second-order valence-corrected chi connectivity index (χ2v) is 6.41. The number of alkyl halides is 3. The minimum absolute atomic E-state index is 0.227. The van der Waals surface area contributed by atoms with Crippen LogP contribution >= 0.6 is 11.3 Å². The standard InChI is InChI=1S/C16H13F3N2OS/c17-16(18,19)11-4-3-10-7-14(22-13(10)8-11)12-9-23-15(20-12)21-5-1-2-6-21/h3-4,7-9H,1-2,5-6H2. The quantitative estimate of drug-likeness (QED) is 0.645. The second-order valence-electron chi connectivity index (χ2n) is 5.57. The molecule has 1 fully saturated rings. The maximum Gasteiger partial charge on any atom is 0.416 e. The summed E-state index contributed by atoms with van der Waals surface area (Å²) in [4.78, 5) is 6.78. The van der Waals surface area contributed by atoms with Crippen LogP contribution in [0, 0.1) is 0 Å². The van der Waals surface area contributed by atoms with Gasteiger partial charge in [0.2, 0.25) is 0 Å². The molecule has 0 spiro atoms. The summed E-state index contributed by atoms with van der Waals surface area (Å²) in [6.07, 6.45) is -2.04. The molecule has 2 aromatic heterocycles. The van der Waals surface area contributed by atoms with E-state index in [1.165, 1.54) is 30.2 Å². The molecule has 0 bridgehead atoms. The summed E-state index contributed by atoms with van der Waals surface area (Å²) in [6, 6.07) is 5.27. The first-order valence-corrected chi connectivity index (χ1v) is 8.20. The number of furan rings is 1. The average molecular weight is 338 g/mol.